The van der Waals surface area contributed by atoms with Gasteiger partial charge in [-0.25, -0.2) is 18.0 Å². The molecule has 0 saturated carbocycles. The Kier molecular flexibility index (Phi) is 12.4. The number of morpholine rings is 2. The van der Waals surface area contributed by atoms with Gasteiger partial charge in [-0.1, -0.05) is 24.3 Å². The van der Waals surface area contributed by atoms with Crippen LogP contribution in [0.4, 0.5) is 23.7 Å². The Morgan fingerprint density at radius 1 is 1.02 bits per heavy atom. The second-order valence-electron chi connectivity index (χ2n) is 12.1. The molecular weight excluding hydrogens is 629 g/mol. The quantitative estimate of drug-likeness (QED) is 0.229. The third kappa shape index (κ3) is 9.73. The number of hydrogen-bond donors (Lipinski definition) is 4. The molecule has 5 N–H and O–H groups in total. The fraction of sp³-hybridized carbons (Fsp3) is 0.441. The van der Waals surface area contributed by atoms with Crippen LogP contribution in [0.2, 0.25) is 0 Å². The van der Waals surface area contributed by atoms with Crippen molar-refractivity contribution in [3.8, 4) is 0 Å². The van der Waals surface area contributed by atoms with E-state index in [1.165, 1.54) is 54.7 Å². The number of nitrogens with zero attached hydrogens (tertiary/aromatic N) is 2. The summed E-state index contributed by atoms with van der Waals surface area (Å²) in [6, 6.07) is 9.88. The Morgan fingerprint density at radius 3 is 2.35 bits per heavy atom. The molecule has 5 rings (SSSR count). The van der Waals surface area contributed by atoms with Gasteiger partial charge < -0.3 is 40.8 Å². The van der Waals surface area contributed by atoms with Crippen molar-refractivity contribution < 1.29 is 37.0 Å². The summed E-state index contributed by atoms with van der Waals surface area (Å²) >= 11 is 0. The summed E-state index contributed by atoms with van der Waals surface area (Å²) in [7, 11) is 2.00. The van der Waals surface area contributed by atoms with Gasteiger partial charge in [0, 0.05) is 44.2 Å². The summed E-state index contributed by atoms with van der Waals surface area (Å²) in [4.78, 5) is 31.8. The molecule has 3 aromatic rings. The van der Waals surface area contributed by atoms with Crippen LogP contribution in [-0.2, 0) is 25.4 Å². The Bertz CT molecular complexity index is 1470. The number of carbonyl (C=O) groups is 2. The molecule has 2 fully saturated rings. The fourth-order valence-corrected chi connectivity index (χ4v) is 5.89. The van der Waals surface area contributed by atoms with Crippen LogP contribution in [0.3, 0.4) is 0 Å². The van der Waals surface area contributed by atoms with E-state index in [-0.39, 0.29) is 36.5 Å². The number of carbonyl (C=O) groups excluding carboxylic acids is 2. The Morgan fingerprint density at radius 2 is 1.69 bits per heavy atom. The van der Waals surface area contributed by atoms with E-state index in [1.807, 2.05) is 7.05 Å². The van der Waals surface area contributed by atoms with Gasteiger partial charge in [0.2, 0.25) is 5.91 Å². The smallest absolute Gasteiger partial charge is 0.407 e. The molecule has 258 valence electrons. The minimum atomic E-state index is -1.20. The topological polar surface area (TPSA) is 140 Å². The lowest BCUT2D eigenvalue weighted by molar-refractivity contribution is -0.117. The number of nitrogens with one attached hydrogen (secondary N) is 3. The number of anilines is 1. The normalized spacial score (nSPS) is 20.7. The summed E-state index contributed by atoms with van der Waals surface area (Å²) in [5.74, 6) is -2.90. The largest absolute Gasteiger partial charge is 0.447 e. The molecule has 2 amide bonds. The highest BCUT2D eigenvalue weighted by Gasteiger charge is 2.30. The first kappa shape index (κ1) is 35.2. The van der Waals surface area contributed by atoms with Crippen LogP contribution >= 0.6 is 0 Å². The molecule has 0 aliphatic carbocycles. The summed E-state index contributed by atoms with van der Waals surface area (Å²) in [5, 5.41) is 8.70. The number of likely N-dealkylation sites (N-methyl/N-ethyl adjacent to an activating group) is 1. The maximum Gasteiger partial charge on any atom is 0.407 e. The molecule has 0 radical (unpaired) electrons. The van der Waals surface area contributed by atoms with Crippen molar-refractivity contribution in [2.45, 2.75) is 43.1 Å². The van der Waals surface area contributed by atoms with Gasteiger partial charge in [0.1, 0.15) is 30.2 Å². The maximum atomic E-state index is 15.1. The highest BCUT2D eigenvalue weighted by Crippen LogP contribution is 2.29. The van der Waals surface area contributed by atoms with E-state index < -0.39 is 47.5 Å². The van der Waals surface area contributed by atoms with E-state index >= 15 is 4.39 Å². The number of nitrogens with two attached hydrogens (primary N) is 1. The average molecular weight is 671 g/mol. The molecule has 2 aliphatic rings. The Hall–Kier alpha value is -4.08. The maximum absolute atomic E-state index is 15.1. The van der Waals surface area contributed by atoms with Crippen molar-refractivity contribution in [2.24, 2.45) is 5.73 Å². The van der Waals surface area contributed by atoms with E-state index in [4.69, 9.17) is 19.9 Å². The number of hydrogen-bond acceptors (Lipinski definition) is 9. The lowest BCUT2D eigenvalue weighted by Gasteiger charge is -2.31. The number of amides is 2. The zero-order chi connectivity index (χ0) is 34.0. The van der Waals surface area contributed by atoms with Crippen LogP contribution in [0.1, 0.15) is 29.0 Å². The van der Waals surface area contributed by atoms with Crippen LogP contribution in [0.5, 0.6) is 0 Å². The first-order valence-corrected chi connectivity index (χ1v) is 15.9. The standard InChI is InChI=1S/C34H41F3N6O5/c1-43-12-13-46-26(19-43)16-41-34(45)47-20-27-15-39-14-25(48-27)10-11-28-29(37)17-40-18-30(28)42-33(44)32(38)31(21-2-6-23(35)7-3-21)22-4-8-24(36)9-5-22/h2-9,17-18,25-27,31-32,39H,10-16,19-20,38H2,1H3,(H,41,45)(H,42,44)/t25-,26?,27+,32+/m1/s1. The van der Waals surface area contributed by atoms with Crippen LogP contribution in [0.25, 0.3) is 0 Å². The lowest BCUT2D eigenvalue weighted by Crippen LogP contribution is -2.48. The summed E-state index contributed by atoms with van der Waals surface area (Å²) < 4.78 is 59.6. The highest BCUT2D eigenvalue weighted by molar-refractivity contribution is 5.96. The van der Waals surface area contributed by atoms with Gasteiger partial charge in [0.25, 0.3) is 0 Å². The molecule has 0 spiro atoms. The van der Waals surface area contributed by atoms with Crippen molar-refractivity contribution >= 4 is 17.7 Å². The Balaban J connectivity index is 1.16. The van der Waals surface area contributed by atoms with Gasteiger partial charge in [0.05, 0.1) is 42.9 Å². The van der Waals surface area contributed by atoms with Gasteiger partial charge >= 0.3 is 6.09 Å². The van der Waals surface area contributed by atoms with Crippen LogP contribution < -0.4 is 21.7 Å². The number of ether oxygens (including phenoxy) is 3. The second kappa shape index (κ2) is 16.8. The number of pyridine rings is 1. The highest BCUT2D eigenvalue weighted by atomic mass is 19.1. The lowest BCUT2D eigenvalue weighted by atomic mass is 9.85. The zero-order valence-corrected chi connectivity index (χ0v) is 26.7. The summed E-state index contributed by atoms with van der Waals surface area (Å²) in [6.07, 6.45) is 1.63. The molecule has 11 nitrogen and oxygen atoms in total. The van der Waals surface area contributed by atoms with Gasteiger partial charge in [-0.05, 0) is 55.3 Å². The van der Waals surface area contributed by atoms with E-state index in [9.17, 15) is 18.4 Å². The number of aromatic nitrogens is 1. The van der Waals surface area contributed by atoms with Crippen LogP contribution in [0, 0.1) is 17.5 Å². The van der Waals surface area contributed by atoms with Gasteiger partial charge in [-0.2, -0.15) is 0 Å². The molecule has 2 saturated heterocycles. The summed E-state index contributed by atoms with van der Waals surface area (Å²) in [5.41, 5.74) is 7.94. The second-order valence-corrected chi connectivity index (χ2v) is 12.1. The average Bonchev–Trinajstić information content (AvgIpc) is 3.08. The minimum absolute atomic E-state index is 0.0346. The number of rotatable bonds is 12. The van der Waals surface area contributed by atoms with E-state index in [0.29, 0.717) is 43.8 Å². The predicted molar refractivity (Wildman–Crippen MR) is 172 cm³/mol. The van der Waals surface area contributed by atoms with Crippen molar-refractivity contribution in [3.05, 3.63) is 95.1 Å². The SMILES string of the molecule is CN1CCOC(CNC(=O)OC[C@@H]2CNC[C@@H](CCc3c(F)cncc3NC(=O)[C@@H](N)C(c3ccc(F)cc3)c3ccc(F)cc3)O2)C1. The first-order chi connectivity index (χ1) is 23.2. The first-order valence-electron chi connectivity index (χ1n) is 15.9. The van der Waals surface area contributed by atoms with Crippen LogP contribution in [0.15, 0.2) is 60.9 Å². The molecule has 1 aromatic heterocycles. The number of alkyl carbamates (subject to hydrolysis) is 1. The van der Waals surface area contributed by atoms with Crippen molar-refractivity contribution in [1.29, 1.82) is 0 Å². The third-order valence-corrected chi connectivity index (χ3v) is 8.44. The molecule has 2 aromatic carbocycles. The van der Waals surface area contributed by atoms with E-state index in [2.05, 4.69) is 25.8 Å². The van der Waals surface area contributed by atoms with Crippen LogP contribution in [-0.4, -0.2) is 99.2 Å². The Labute approximate surface area is 277 Å². The zero-order valence-electron chi connectivity index (χ0n) is 26.7. The third-order valence-electron chi connectivity index (χ3n) is 8.44. The number of halogens is 3. The van der Waals surface area contributed by atoms with Gasteiger partial charge in [0.15, 0.2) is 0 Å². The molecule has 14 heteroatoms. The molecule has 3 heterocycles. The van der Waals surface area contributed by atoms with Gasteiger partial charge in [-0.3, -0.25) is 9.78 Å². The molecule has 4 atom stereocenters. The summed E-state index contributed by atoms with van der Waals surface area (Å²) in [6.45, 7) is 3.55. The van der Waals surface area contributed by atoms with Gasteiger partial charge in [-0.15, -0.1) is 0 Å². The van der Waals surface area contributed by atoms with E-state index in [1.54, 1.807) is 0 Å². The monoisotopic (exact) mass is 670 g/mol. The van der Waals surface area contributed by atoms with Crippen molar-refractivity contribution in [2.75, 3.05) is 58.3 Å². The van der Waals surface area contributed by atoms with Crippen molar-refractivity contribution in [1.82, 2.24) is 20.5 Å². The fourth-order valence-electron chi connectivity index (χ4n) is 5.89. The molecule has 0 bridgehead atoms. The molecule has 2 aliphatic heterocycles. The molecular formula is C34H41F3N6O5. The van der Waals surface area contributed by atoms with E-state index in [0.717, 1.165) is 19.3 Å². The predicted octanol–water partition coefficient (Wildman–Crippen LogP) is 2.94. The molecule has 48 heavy (non-hydrogen) atoms. The van der Waals surface area contributed by atoms with Crippen molar-refractivity contribution in [3.63, 3.8) is 0 Å². The number of benzene rings is 2. The molecule has 1 unspecified atom stereocenters. The minimum Gasteiger partial charge on any atom is -0.447 e.